The Bertz CT molecular complexity index is 368. The van der Waals surface area contributed by atoms with Crippen LogP contribution in [0.4, 0.5) is 0 Å². The molecule has 0 N–H and O–H groups in total. The predicted molar refractivity (Wildman–Crippen MR) is 69.5 cm³/mol. The van der Waals surface area contributed by atoms with Gasteiger partial charge in [-0.3, -0.25) is 14.5 Å². The number of imide groups is 1. The van der Waals surface area contributed by atoms with Crippen molar-refractivity contribution in [1.29, 1.82) is 0 Å². The summed E-state index contributed by atoms with van der Waals surface area (Å²) in [6, 6.07) is -0.356. The molecule has 0 radical (unpaired) electrons. The number of carbonyl (C=O) groups excluding carboxylic acids is 2. The van der Waals surface area contributed by atoms with Crippen molar-refractivity contribution in [1.82, 2.24) is 4.90 Å². The van der Waals surface area contributed by atoms with E-state index >= 15 is 0 Å². The maximum atomic E-state index is 12.2. The van der Waals surface area contributed by atoms with Crippen molar-refractivity contribution in [3.63, 3.8) is 0 Å². The van der Waals surface area contributed by atoms with Crippen LogP contribution in [-0.4, -0.2) is 22.8 Å². The molecule has 98 valence electrons. The summed E-state index contributed by atoms with van der Waals surface area (Å²) in [5.74, 6) is 2.44. The van der Waals surface area contributed by atoms with E-state index in [0.717, 1.165) is 25.7 Å². The predicted octanol–water partition coefficient (Wildman–Crippen LogP) is 2.50. The molecule has 0 aromatic carbocycles. The standard InChI is InChI=1S/C15H21NO2/c1-3-12(4-2)16-13(17)10-15(11-14(16)18)8-6-5-7-9-15/h1,12H,4-11H2,2H3. The molecule has 1 aliphatic carbocycles. The minimum atomic E-state index is -0.356. The van der Waals surface area contributed by atoms with Crippen LogP contribution in [0, 0.1) is 17.8 Å². The molecule has 1 saturated carbocycles. The zero-order chi connectivity index (χ0) is 13.2. The second-order valence-electron chi connectivity index (χ2n) is 5.66. The molecule has 3 heteroatoms. The van der Waals surface area contributed by atoms with Gasteiger partial charge in [-0.2, -0.15) is 0 Å². The summed E-state index contributed by atoms with van der Waals surface area (Å²) >= 11 is 0. The number of hydrogen-bond donors (Lipinski definition) is 0. The molecule has 2 amide bonds. The van der Waals surface area contributed by atoms with Crippen molar-refractivity contribution in [3.05, 3.63) is 0 Å². The lowest BCUT2D eigenvalue weighted by molar-refractivity contribution is -0.156. The third kappa shape index (κ3) is 2.29. The minimum Gasteiger partial charge on any atom is -0.274 e. The molecule has 1 spiro atoms. The quantitative estimate of drug-likeness (QED) is 0.555. The fourth-order valence-electron chi connectivity index (χ4n) is 3.39. The summed E-state index contributed by atoms with van der Waals surface area (Å²) in [5.41, 5.74) is -0.0458. The Balaban J connectivity index is 2.15. The monoisotopic (exact) mass is 247 g/mol. The first-order chi connectivity index (χ1) is 8.62. The van der Waals surface area contributed by atoms with Crippen molar-refractivity contribution in [2.24, 2.45) is 5.41 Å². The molecule has 1 heterocycles. The highest BCUT2D eigenvalue weighted by atomic mass is 16.2. The molecular formula is C15H21NO2. The lowest BCUT2D eigenvalue weighted by atomic mass is 9.67. The highest BCUT2D eigenvalue weighted by Gasteiger charge is 2.45. The summed E-state index contributed by atoms with van der Waals surface area (Å²) in [6.07, 6.45) is 12.6. The van der Waals surface area contributed by atoms with Crippen LogP contribution in [0.5, 0.6) is 0 Å². The van der Waals surface area contributed by atoms with Gasteiger partial charge in [0.05, 0.1) is 0 Å². The Labute approximate surface area is 109 Å². The van der Waals surface area contributed by atoms with Crippen molar-refractivity contribution in [2.45, 2.75) is 64.3 Å². The van der Waals surface area contributed by atoms with E-state index in [1.807, 2.05) is 6.92 Å². The smallest absolute Gasteiger partial charge is 0.230 e. The van der Waals surface area contributed by atoms with Gasteiger partial charge in [0, 0.05) is 12.8 Å². The molecule has 1 aliphatic heterocycles. The van der Waals surface area contributed by atoms with Gasteiger partial charge < -0.3 is 0 Å². The number of hydrogen-bond acceptors (Lipinski definition) is 2. The second kappa shape index (κ2) is 5.14. The Kier molecular flexibility index (Phi) is 3.75. The second-order valence-corrected chi connectivity index (χ2v) is 5.66. The molecule has 2 rings (SSSR count). The molecule has 1 unspecified atom stereocenters. The topological polar surface area (TPSA) is 37.4 Å². The number of likely N-dealkylation sites (tertiary alicyclic amines) is 1. The average molecular weight is 247 g/mol. The highest BCUT2D eigenvalue weighted by Crippen LogP contribution is 2.45. The highest BCUT2D eigenvalue weighted by molar-refractivity contribution is 5.99. The molecule has 0 aromatic heterocycles. The summed E-state index contributed by atoms with van der Waals surface area (Å²) in [6.45, 7) is 1.91. The van der Waals surface area contributed by atoms with Crippen LogP contribution >= 0.6 is 0 Å². The first-order valence-corrected chi connectivity index (χ1v) is 6.93. The lowest BCUT2D eigenvalue weighted by Gasteiger charge is -2.43. The SMILES string of the molecule is C#CC(CC)N1C(=O)CC2(CCCCC2)CC1=O. The fourth-order valence-corrected chi connectivity index (χ4v) is 3.39. The summed E-state index contributed by atoms with van der Waals surface area (Å²) in [4.78, 5) is 25.8. The maximum absolute atomic E-state index is 12.2. The van der Waals surface area contributed by atoms with E-state index < -0.39 is 0 Å². The number of rotatable bonds is 2. The van der Waals surface area contributed by atoms with Gasteiger partial charge >= 0.3 is 0 Å². The zero-order valence-corrected chi connectivity index (χ0v) is 11.1. The van der Waals surface area contributed by atoms with Crippen LogP contribution in [0.25, 0.3) is 0 Å². The molecule has 0 aromatic rings. The van der Waals surface area contributed by atoms with Crippen LogP contribution < -0.4 is 0 Å². The molecule has 3 nitrogen and oxygen atoms in total. The summed E-state index contributed by atoms with van der Waals surface area (Å²) in [5, 5.41) is 0. The Morgan fingerprint density at radius 1 is 1.22 bits per heavy atom. The van der Waals surface area contributed by atoms with Crippen LogP contribution in [0.2, 0.25) is 0 Å². The molecule has 2 aliphatic rings. The van der Waals surface area contributed by atoms with Gasteiger partial charge in [-0.1, -0.05) is 32.1 Å². The van der Waals surface area contributed by atoms with Gasteiger partial charge in [0.25, 0.3) is 0 Å². The first kappa shape index (κ1) is 13.1. The van der Waals surface area contributed by atoms with Crippen LogP contribution in [0.15, 0.2) is 0 Å². The molecule has 18 heavy (non-hydrogen) atoms. The number of amides is 2. The Morgan fingerprint density at radius 2 is 1.78 bits per heavy atom. The van der Waals surface area contributed by atoms with Crippen LogP contribution in [0.3, 0.4) is 0 Å². The van der Waals surface area contributed by atoms with E-state index in [9.17, 15) is 9.59 Å². The van der Waals surface area contributed by atoms with Gasteiger partial charge in [0.2, 0.25) is 11.8 Å². The van der Waals surface area contributed by atoms with Crippen molar-refractivity contribution >= 4 is 11.8 Å². The van der Waals surface area contributed by atoms with Gasteiger partial charge in [-0.15, -0.1) is 6.42 Å². The van der Waals surface area contributed by atoms with Gasteiger partial charge in [-0.05, 0) is 24.7 Å². The van der Waals surface area contributed by atoms with E-state index in [4.69, 9.17) is 6.42 Å². The van der Waals surface area contributed by atoms with Gasteiger partial charge in [0.15, 0.2) is 0 Å². The van der Waals surface area contributed by atoms with Crippen molar-refractivity contribution < 1.29 is 9.59 Å². The maximum Gasteiger partial charge on any atom is 0.230 e. The molecule has 1 saturated heterocycles. The van der Waals surface area contributed by atoms with E-state index in [2.05, 4.69) is 5.92 Å². The van der Waals surface area contributed by atoms with Crippen molar-refractivity contribution in [3.8, 4) is 12.3 Å². The number of carbonyl (C=O) groups is 2. The largest absolute Gasteiger partial charge is 0.274 e. The van der Waals surface area contributed by atoms with E-state index in [0.29, 0.717) is 19.3 Å². The molecule has 1 atom stereocenters. The summed E-state index contributed by atoms with van der Waals surface area (Å²) < 4.78 is 0. The fraction of sp³-hybridized carbons (Fsp3) is 0.733. The minimum absolute atomic E-state index is 0.0458. The number of nitrogens with zero attached hydrogens (tertiary/aromatic N) is 1. The van der Waals surface area contributed by atoms with E-state index in [-0.39, 0.29) is 23.3 Å². The third-order valence-corrected chi connectivity index (χ3v) is 4.39. The van der Waals surface area contributed by atoms with Gasteiger partial charge in [0.1, 0.15) is 6.04 Å². The normalized spacial score (nSPS) is 25.0. The van der Waals surface area contributed by atoms with Gasteiger partial charge in [-0.25, -0.2) is 0 Å². The van der Waals surface area contributed by atoms with E-state index in [1.54, 1.807) is 0 Å². The van der Waals surface area contributed by atoms with E-state index in [1.165, 1.54) is 11.3 Å². The first-order valence-electron chi connectivity index (χ1n) is 6.93. The van der Waals surface area contributed by atoms with Crippen LogP contribution in [0.1, 0.15) is 58.3 Å². The lowest BCUT2D eigenvalue weighted by Crippen LogP contribution is -2.52. The zero-order valence-electron chi connectivity index (χ0n) is 11.1. The Morgan fingerprint density at radius 3 is 2.22 bits per heavy atom. The molecule has 2 fully saturated rings. The third-order valence-electron chi connectivity index (χ3n) is 4.39. The molecule has 0 bridgehead atoms. The van der Waals surface area contributed by atoms with Crippen LogP contribution in [-0.2, 0) is 9.59 Å². The average Bonchev–Trinajstić information content (AvgIpc) is 2.34. The molecular weight excluding hydrogens is 226 g/mol. The number of terminal acetylenes is 1. The van der Waals surface area contributed by atoms with Crippen molar-refractivity contribution in [2.75, 3.05) is 0 Å². The number of piperidine rings is 1. The summed E-state index contributed by atoms with van der Waals surface area (Å²) in [7, 11) is 0. The Hall–Kier alpha value is -1.30.